The molecule has 214 valence electrons. The van der Waals surface area contributed by atoms with Gasteiger partial charge in [0.2, 0.25) is 5.79 Å². The van der Waals surface area contributed by atoms with Gasteiger partial charge in [-0.25, -0.2) is 15.0 Å². The Bertz CT molecular complexity index is 1450. The highest BCUT2D eigenvalue weighted by Gasteiger charge is 2.45. The number of nitrogens with zero attached hydrogens (tertiary/aromatic N) is 6. The van der Waals surface area contributed by atoms with Crippen LogP contribution in [0.3, 0.4) is 0 Å². The summed E-state index contributed by atoms with van der Waals surface area (Å²) in [6.45, 7) is 4.73. The molecule has 9 nitrogen and oxygen atoms in total. The van der Waals surface area contributed by atoms with Gasteiger partial charge in [0, 0.05) is 61.0 Å². The van der Waals surface area contributed by atoms with Crippen molar-refractivity contribution >= 4 is 46.5 Å². The van der Waals surface area contributed by atoms with Gasteiger partial charge >= 0.3 is 0 Å². The summed E-state index contributed by atoms with van der Waals surface area (Å²) in [5, 5.41) is 1.83. The fraction of sp³-hybridized carbons (Fsp3) is 0.345. The lowest BCUT2D eigenvalue weighted by atomic mass is 10.1. The van der Waals surface area contributed by atoms with E-state index >= 15 is 0 Å². The van der Waals surface area contributed by atoms with Crippen molar-refractivity contribution in [3.63, 3.8) is 0 Å². The molecule has 2 saturated heterocycles. The SMILES string of the molecule is CSc1nccc(N2CCN(c3ccc(OC[C@@H]4CO[C@@](Cn5ccnc5)(c5ccc(Cl)cc5Cl)O4)cc3)CC2)n1. The van der Waals surface area contributed by atoms with Crippen LogP contribution in [0.15, 0.2) is 78.6 Å². The second-order valence-electron chi connectivity index (χ2n) is 9.84. The first-order valence-corrected chi connectivity index (χ1v) is 15.3. The highest BCUT2D eigenvalue weighted by Crippen LogP contribution is 2.40. The molecule has 2 aromatic carbocycles. The predicted octanol–water partition coefficient (Wildman–Crippen LogP) is 5.38. The summed E-state index contributed by atoms with van der Waals surface area (Å²) in [7, 11) is 0. The molecule has 0 bridgehead atoms. The Morgan fingerprint density at radius 2 is 1.83 bits per heavy atom. The van der Waals surface area contributed by atoms with Crippen LogP contribution in [-0.2, 0) is 21.8 Å². The van der Waals surface area contributed by atoms with Gasteiger partial charge in [0.1, 0.15) is 24.3 Å². The Kier molecular flexibility index (Phi) is 8.55. The molecule has 0 spiro atoms. The normalized spacial score (nSPS) is 20.9. The van der Waals surface area contributed by atoms with Crippen LogP contribution < -0.4 is 14.5 Å². The lowest BCUT2D eigenvalue weighted by Gasteiger charge is -2.36. The molecule has 0 N–H and O–H groups in total. The average molecular weight is 614 g/mol. The zero-order chi connectivity index (χ0) is 28.2. The maximum atomic E-state index is 6.58. The number of hydrogen-bond donors (Lipinski definition) is 0. The zero-order valence-electron chi connectivity index (χ0n) is 22.5. The standard InChI is InChI=1S/C29H30Cl2N6O3S/c1-41-28-33-9-8-27(34-28)37-14-12-36(13-15-37)22-3-5-23(6-4-22)38-17-24-18-39-29(40-24,19-35-11-10-32-20-35)25-7-2-21(30)16-26(25)31/h2-11,16,20,24H,12-15,17-19H2,1H3/t24-,29-/m1/s1. The van der Waals surface area contributed by atoms with Crippen molar-refractivity contribution in [2.24, 2.45) is 0 Å². The zero-order valence-corrected chi connectivity index (χ0v) is 24.9. The second kappa shape index (κ2) is 12.5. The van der Waals surface area contributed by atoms with Gasteiger partial charge in [-0.05, 0) is 48.7 Å². The van der Waals surface area contributed by atoms with Crippen LogP contribution in [0.2, 0.25) is 10.0 Å². The molecular formula is C29H30Cl2N6O3S. The van der Waals surface area contributed by atoms with Crippen LogP contribution in [0.4, 0.5) is 11.5 Å². The van der Waals surface area contributed by atoms with Crippen molar-refractivity contribution in [1.29, 1.82) is 0 Å². The number of imidazole rings is 1. The Morgan fingerprint density at radius 3 is 2.56 bits per heavy atom. The molecule has 0 unspecified atom stereocenters. The van der Waals surface area contributed by atoms with E-state index in [-0.39, 0.29) is 6.10 Å². The molecule has 0 saturated carbocycles. The minimum Gasteiger partial charge on any atom is -0.491 e. The second-order valence-corrected chi connectivity index (χ2v) is 11.5. The molecule has 6 rings (SSSR count). The van der Waals surface area contributed by atoms with E-state index in [1.54, 1.807) is 36.4 Å². The Hall–Kier alpha value is -3.02. The number of benzene rings is 2. The van der Waals surface area contributed by atoms with Crippen molar-refractivity contribution in [2.45, 2.75) is 23.6 Å². The van der Waals surface area contributed by atoms with Gasteiger partial charge < -0.3 is 28.6 Å². The monoisotopic (exact) mass is 612 g/mol. The topological polar surface area (TPSA) is 77.8 Å². The van der Waals surface area contributed by atoms with Gasteiger partial charge in [0.25, 0.3) is 0 Å². The van der Waals surface area contributed by atoms with Crippen molar-refractivity contribution in [3.05, 3.63) is 89.1 Å². The van der Waals surface area contributed by atoms with E-state index in [0.29, 0.717) is 35.4 Å². The van der Waals surface area contributed by atoms with Crippen LogP contribution in [0, 0.1) is 0 Å². The summed E-state index contributed by atoms with van der Waals surface area (Å²) >= 11 is 14.3. The number of rotatable bonds is 9. The summed E-state index contributed by atoms with van der Waals surface area (Å²) in [5.74, 6) is 0.682. The maximum absolute atomic E-state index is 6.58. The van der Waals surface area contributed by atoms with E-state index in [9.17, 15) is 0 Å². The number of anilines is 2. The summed E-state index contributed by atoms with van der Waals surface area (Å²) in [4.78, 5) is 17.8. The third kappa shape index (κ3) is 6.42. The molecule has 2 aromatic heterocycles. The molecule has 2 aliphatic rings. The summed E-state index contributed by atoms with van der Waals surface area (Å²) in [6, 6.07) is 15.5. The van der Waals surface area contributed by atoms with Crippen molar-refractivity contribution < 1.29 is 14.2 Å². The first-order valence-electron chi connectivity index (χ1n) is 13.3. The van der Waals surface area contributed by atoms with Crippen molar-refractivity contribution in [3.8, 4) is 5.75 Å². The first kappa shape index (κ1) is 28.1. The Morgan fingerprint density at radius 1 is 1.02 bits per heavy atom. The highest BCUT2D eigenvalue weighted by atomic mass is 35.5. The predicted molar refractivity (Wildman–Crippen MR) is 161 cm³/mol. The molecule has 2 atom stereocenters. The fourth-order valence-electron chi connectivity index (χ4n) is 5.12. The van der Waals surface area contributed by atoms with Crippen molar-refractivity contribution in [2.75, 3.05) is 55.4 Å². The van der Waals surface area contributed by atoms with Gasteiger partial charge in [-0.2, -0.15) is 0 Å². The van der Waals surface area contributed by atoms with E-state index < -0.39 is 5.79 Å². The average Bonchev–Trinajstić information content (AvgIpc) is 3.67. The largest absolute Gasteiger partial charge is 0.491 e. The molecule has 0 aliphatic carbocycles. The molecule has 41 heavy (non-hydrogen) atoms. The molecule has 2 fully saturated rings. The Labute approximate surface area is 253 Å². The third-order valence-corrected chi connectivity index (χ3v) is 8.30. The third-order valence-electron chi connectivity index (χ3n) is 7.19. The van der Waals surface area contributed by atoms with Gasteiger partial charge in [0.05, 0.1) is 24.5 Å². The first-order chi connectivity index (χ1) is 20.0. The van der Waals surface area contributed by atoms with Crippen LogP contribution in [-0.4, -0.2) is 71.3 Å². The minimum absolute atomic E-state index is 0.286. The lowest BCUT2D eigenvalue weighted by Crippen LogP contribution is -2.46. The number of thioether (sulfide) groups is 1. The minimum atomic E-state index is -1.08. The molecule has 0 radical (unpaired) electrons. The number of halogens is 2. The molecule has 12 heteroatoms. The fourth-order valence-corrected chi connectivity index (χ4v) is 6.02. The van der Waals surface area contributed by atoms with E-state index in [0.717, 1.165) is 42.9 Å². The van der Waals surface area contributed by atoms with E-state index in [1.807, 2.05) is 47.5 Å². The summed E-state index contributed by atoms with van der Waals surface area (Å²) < 4.78 is 20.8. The van der Waals surface area contributed by atoms with E-state index in [2.05, 4.69) is 36.9 Å². The summed E-state index contributed by atoms with van der Waals surface area (Å²) in [5.41, 5.74) is 1.88. The molecular weight excluding hydrogens is 583 g/mol. The summed E-state index contributed by atoms with van der Waals surface area (Å²) in [6.07, 6.45) is 8.84. The van der Waals surface area contributed by atoms with Gasteiger partial charge in [-0.1, -0.05) is 41.0 Å². The van der Waals surface area contributed by atoms with E-state index in [4.69, 9.17) is 37.4 Å². The number of hydrogen-bond acceptors (Lipinski definition) is 9. The van der Waals surface area contributed by atoms with Crippen LogP contribution in [0.1, 0.15) is 5.56 Å². The maximum Gasteiger partial charge on any atom is 0.215 e. The highest BCUT2D eigenvalue weighted by molar-refractivity contribution is 7.98. The smallest absolute Gasteiger partial charge is 0.215 e. The molecule has 2 aliphatic heterocycles. The van der Waals surface area contributed by atoms with Crippen LogP contribution in [0.25, 0.3) is 0 Å². The number of ether oxygens (including phenoxy) is 3. The molecule has 0 amide bonds. The lowest BCUT2D eigenvalue weighted by molar-refractivity contribution is -0.189. The van der Waals surface area contributed by atoms with Gasteiger partial charge in [-0.3, -0.25) is 0 Å². The molecule has 4 aromatic rings. The van der Waals surface area contributed by atoms with Crippen LogP contribution in [0.5, 0.6) is 5.75 Å². The quantitative estimate of drug-likeness (QED) is 0.183. The number of aromatic nitrogens is 4. The van der Waals surface area contributed by atoms with Gasteiger partial charge in [-0.15, -0.1) is 0 Å². The Balaban J connectivity index is 1.05. The van der Waals surface area contributed by atoms with Crippen molar-refractivity contribution in [1.82, 2.24) is 19.5 Å². The number of piperazine rings is 1. The van der Waals surface area contributed by atoms with E-state index in [1.165, 1.54) is 5.69 Å². The van der Waals surface area contributed by atoms with Crippen LogP contribution >= 0.6 is 35.0 Å². The molecule has 4 heterocycles. The van der Waals surface area contributed by atoms with Gasteiger partial charge in [0.15, 0.2) is 5.16 Å².